The van der Waals surface area contributed by atoms with Crippen molar-refractivity contribution in [1.29, 1.82) is 0 Å². The highest BCUT2D eigenvalue weighted by atomic mass is 16.2. The Bertz CT molecular complexity index is 941. The van der Waals surface area contributed by atoms with Gasteiger partial charge in [0.15, 0.2) is 11.2 Å². The summed E-state index contributed by atoms with van der Waals surface area (Å²) in [4.78, 5) is 42.2. The molecule has 0 aliphatic heterocycles. The van der Waals surface area contributed by atoms with Gasteiger partial charge in [-0.2, -0.15) is 0 Å². The number of imidazole rings is 1. The molecule has 2 heterocycles. The van der Waals surface area contributed by atoms with E-state index >= 15 is 0 Å². The van der Waals surface area contributed by atoms with E-state index < -0.39 is 0 Å². The van der Waals surface area contributed by atoms with E-state index in [1.54, 1.807) is 16.1 Å². The lowest BCUT2D eigenvalue weighted by Gasteiger charge is -2.31. The van der Waals surface area contributed by atoms with Gasteiger partial charge in [-0.3, -0.25) is 18.7 Å². The van der Waals surface area contributed by atoms with Crippen LogP contribution in [0.3, 0.4) is 0 Å². The third kappa shape index (κ3) is 2.10. The Labute approximate surface area is 138 Å². The molecule has 0 saturated heterocycles. The van der Waals surface area contributed by atoms with Crippen molar-refractivity contribution in [3.05, 3.63) is 26.7 Å². The maximum Gasteiger partial charge on any atom is 0.333 e. The molecule has 2 fully saturated rings. The van der Waals surface area contributed by atoms with Crippen molar-refractivity contribution in [3.63, 3.8) is 0 Å². The molecule has 2 aromatic rings. The molecule has 0 N–H and O–H groups in total. The first-order chi connectivity index (χ1) is 11.5. The lowest BCUT2D eigenvalue weighted by molar-refractivity contribution is -0.117. The highest BCUT2D eigenvalue weighted by Gasteiger charge is 2.31. The summed E-state index contributed by atoms with van der Waals surface area (Å²) >= 11 is 0. The highest BCUT2D eigenvalue weighted by molar-refractivity contribution is 5.79. The summed E-state index contributed by atoms with van der Waals surface area (Å²) in [5.41, 5.74) is 0.330. The first-order valence-electron chi connectivity index (χ1n) is 8.72. The Balaban J connectivity index is 2.07. The van der Waals surface area contributed by atoms with Crippen LogP contribution in [0.25, 0.3) is 11.2 Å². The van der Waals surface area contributed by atoms with Gasteiger partial charge < -0.3 is 4.57 Å². The third-order valence-corrected chi connectivity index (χ3v) is 5.46. The van der Waals surface area contributed by atoms with Crippen molar-refractivity contribution < 1.29 is 4.79 Å². The van der Waals surface area contributed by atoms with E-state index in [0.717, 1.165) is 38.5 Å². The normalized spacial score (nSPS) is 18.6. The average Bonchev–Trinajstić information content (AvgIpc) is 2.71. The molecule has 24 heavy (non-hydrogen) atoms. The second-order valence-corrected chi connectivity index (χ2v) is 7.12. The zero-order chi connectivity index (χ0) is 17.0. The number of aryl methyl sites for hydroxylation is 1. The predicted octanol–water partition coefficient (Wildman–Crippen LogP) is 1.71. The second kappa shape index (κ2) is 5.43. The summed E-state index contributed by atoms with van der Waals surface area (Å²) in [7, 11) is 0. The number of Topliss-reactive ketones (excluding diaryl/α,β-unsaturated/α-hetero) is 1. The number of aromatic nitrogens is 4. The van der Waals surface area contributed by atoms with Crippen molar-refractivity contribution in [3.8, 4) is 0 Å². The molecule has 0 amide bonds. The first-order valence-corrected chi connectivity index (χ1v) is 8.72. The molecule has 2 aliphatic rings. The number of nitrogens with zero attached hydrogens (tertiary/aromatic N) is 4. The van der Waals surface area contributed by atoms with E-state index in [-0.39, 0.29) is 35.7 Å². The quantitative estimate of drug-likeness (QED) is 0.855. The summed E-state index contributed by atoms with van der Waals surface area (Å²) in [6, 6.07) is 0.105. The molecular formula is C17H22N4O3. The number of ketones is 1. The standard InChI is InChI=1S/C17H22N4O3/c1-10(22)9-19-11(2)18-15-14(19)16(23)21(13-7-4-8-13)17(24)20(15)12-5-3-6-12/h12-13H,3-9H2,1-2H3. The smallest absolute Gasteiger partial charge is 0.315 e. The summed E-state index contributed by atoms with van der Waals surface area (Å²) in [5.74, 6) is 0.574. The Morgan fingerprint density at radius 2 is 1.67 bits per heavy atom. The molecule has 128 valence electrons. The van der Waals surface area contributed by atoms with Gasteiger partial charge in [-0.15, -0.1) is 0 Å². The van der Waals surface area contributed by atoms with Crippen LogP contribution in [-0.4, -0.2) is 24.5 Å². The lowest BCUT2D eigenvalue weighted by atomic mass is 9.92. The molecule has 0 spiro atoms. The molecular weight excluding hydrogens is 308 g/mol. The second-order valence-electron chi connectivity index (χ2n) is 7.12. The van der Waals surface area contributed by atoms with Crippen LogP contribution in [0.4, 0.5) is 0 Å². The van der Waals surface area contributed by atoms with Gasteiger partial charge >= 0.3 is 5.69 Å². The molecule has 0 atom stereocenters. The number of carbonyl (C=O) groups excluding carboxylic acids is 1. The monoisotopic (exact) mass is 330 g/mol. The van der Waals surface area contributed by atoms with E-state index in [4.69, 9.17) is 0 Å². The topological polar surface area (TPSA) is 78.9 Å². The Morgan fingerprint density at radius 1 is 1.08 bits per heavy atom. The molecule has 2 aliphatic carbocycles. The fraction of sp³-hybridized carbons (Fsp3) is 0.647. The van der Waals surface area contributed by atoms with Gasteiger partial charge in [0.05, 0.1) is 6.54 Å². The highest BCUT2D eigenvalue weighted by Crippen LogP contribution is 2.33. The molecule has 0 aromatic carbocycles. The van der Waals surface area contributed by atoms with Crippen LogP contribution in [0.5, 0.6) is 0 Å². The lowest BCUT2D eigenvalue weighted by Crippen LogP contribution is -2.46. The fourth-order valence-corrected chi connectivity index (χ4v) is 3.69. The molecule has 7 heteroatoms. The minimum atomic E-state index is -0.294. The van der Waals surface area contributed by atoms with Gasteiger partial charge in [0.1, 0.15) is 11.6 Å². The van der Waals surface area contributed by atoms with E-state index in [1.165, 1.54) is 11.5 Å². The largest absolute Gasteiger partial charge is 0.333 e. The van der Waals surface area contributed by atoms with Crippen molar-refractivity contribution in [2.24, 2.45) is 0 Å². The van der Waals surface area contributed by atoms with Crippen LogP contribution >= 0.6 is 0 Å². The molecule has 0 radical (unpaired) electrons. The number of rotatable bonds is 4. The molecule has 4 rings (SSSR count). The van der Waals surface area contributed by atoms with Crippen LogP contribution in [-0.2, 0) is 11.3 Å². The van der Waals surface area contributed by atoms with Crippen molar-refractivity contribution in [2.75, 3.05) is 0 Å². The zero-order valence-corrected chi connectivity index (χ0v) is 14.1. The third-order valence-electron chi connectivity index (χ3n) is 5.46. The minimum Gasteiger partial charge on any atom is -0.315 e. The molecule has 2 saturated carbocycles. The summed E-state index contributed by atoms with van der Waals surface area (Å²) in [6.07, 6.45) is 5.75. The van der Waals surface area contributed by atoms with E-state index in [9.17, 15) is 14.4 Å². The average molecular weight is 330 g/mol. The van der Waals surface area contributed by atoms with Crippen molar-refractivity contribution in [1.82, 2.24) is 18.7 Å². The predicted molar refractivity (Wildman–Crippen MR) is 89.4 cm³/mol. The van der Waals surface area contributed by atoms with Gasteiger partial charge in [0.25, 0.3) is 5.56 Å². The van der Waals surface area contributed by atoms with Crippen LogP contribution in [0, 0.1) is 6.92 Å². The Morgan fingerprint density at radius 3 is 2.17 bits per heavy atom. The van der Waals surface area contributed by atoms with Crippen LogP contribution < -0.4 is 11.2 Å². The molecule has 0 unspecified atom stereocenters. The van der Waals surface area contributed by atoms with Crippen molar-refractivity contribution in [2.45, 2.75) is 71.0 Å². The fourth-order valence-electron chi connectivity index (χ4n) is 3.69. The molecule has 2 aromatic heterocycles. The van der Waals surface area contributed by atoms with Crippen LogP contribution in [0.15, 0.2) is 9.59 Å². The number of hydrogen-bond donors (Lipinski definition) is 0. The molecule has 0 bridgehead atoms. The summed E-state index contributed by atoms with van der Waals surface area (Å²) in [5, 5.41) is 0. The van der Waals surface area contributed by atoms with Gasteiger partial charge in [-0.05, 0) is 52.4 Å². The van der Waals surface area contributed by atoms with Gasteiger partial charge in [0, 0.05) is 12.1 Å². The maximum atomic E-state index is 13.1. The summed E-state index contributed by atoms with van der Waals surface area (Å²) in [6.45, 7) is 3.40. The Hall–Kier alpha value is -2.18. The zero-order valence-electron chi connectivity index (χ0n) is 14.1. The van der Waals surface area contributed by atoms with Crippen LogP contribution in [0.2, 0.25) is 0 Å². The van der Waals surface area contributed by atoms with E-state index in [0.29, 0.717) is 17.0 Å². The Kier molecular flexibility index (Phi) is 3.47. The summed E-state index contributed by atoms with van der Waals surface area (Å²) < 4.78 is 4.80. The van der Waals surface area contributed by atoms with Gasteiger partial charge in [-0.1, -0.05) is 0 Å². The van der Waals surface area contributed by atoms with Crippen LogP contribution in [0.1, 0.15) is 63.4 Å². The molecule has 7 nitrogen and oxygen atoms in total. The van der Waals surface area contributed by atoms with E-state index in [2.05, 4.69) is 4.98 Å². The van der Waals surface area contributed by atoms with Crippen molar-refractivity contribution >= 4 is 16.9 Å². The van der Waals surface area contributed by atoms with Gasteiger partial charge in [0.2, 0.25) is 0 Å². The van der Waals surface area contributed by atoms with E-state index in [1.807, 2.05) is 0 Å². The number of carbonyl (C=O) groups is 1. The minimum absolute atomic E-state index is 0.0123. The number of hydrogen-bond acceptors (Lipinski definition) is 4. The SMILES string of the molecule is CC(=O)Cn1c(C)nc2c1c(=O)n(C1CCC1)c(=O)n2C1CCC1. The first kappa shape index (κ1) is 15.4. The number of fused-ring (bicyclic) bond motifs is 1. The van der Waals surface area contributed by atoms with Gasteiger partial charge in [-0.25, -0.2) is 9.78 Å². The maximum absolute atomic E-state index is 13.1.